The topological polar surface area (TPSA) is 61.8 Å². The van der Waals surface area contributed by atoms with Gasteiger partial charge in [-0.25, -0.2) is 0 Å². The molecule has 2 fully saturated rings. The maximum absolute atomic E-state index is 12.1. The number of ether oxygens (including phenoxy) is 1. The Balaban J connectivity index is 1.73. The standard InChI is InChI=1S/C15H28N2O3/c1-11-3-5-13(6-4-11)16-15(19)9-17-7-12(2)20-14(8-17)10-18/h11-14,18H,3-10H2,1-2H3,(H,16,19). The van der Waals surface area contributed by atoms with Crippen molar-refractivity contribution in [3.8, 4) is 0 Å². The van der Waals surface area contributed by atoms with Gasteiger partial charge < -0.3 is 15.2 Å². The Bertz CT molecular complexity index is 316. The molecule has 2 aliphatic rings. The molecular weight excluding hydrogens is 256 g/mol. The van der Waals surface area contributed by atoms with Crippen LogP contribution in [0.4, 0.5) is 0 Å². The van der Waals surface area contributed by atoms with Crippen LogP contribution >= 0.6 is 0 Å². The molecule has 2 unspecified atom stereocenters. The Morgan fingerprint density at radius 3 is 2.60 bits per heavy atom. The number of carbonyl (C=O) groups is 1. The number of hydrogen-bond donors (Lipinski definition) is 2. The zero-order valence-electron chi connectivity index (χ0n) is 12.7. The molecule has 5 nitrogen and oxygen atoms in total. The van der Waals surface area contributed by atoms with Crippen LogP contribution in [0.15, 0.2) is 0 Å². The SMILES string of the molecule is CC1CCC(NC(=O)CN2CC(C)OC(CO)C2)CC1. The zero-order valence-corrected chi connectivity index (χ0v) is 12.7. The van der Waals surface area contributed by atoms with E-state index in [1.807, 2.05) is 6.92 Å². The minimum atomic E-state index is -0.165. The molecule has 2 rings (SSSR count). The lowest BCUT2D eigenvalue weighted by Gasteiger charge is -2.36. The van der Waals surface area contributed by atoms with Crippen LogP contribution in [-0.2, 0) is 9.53 Å². The minimum Gasteiger partial charge on any atom is -0.394 e. The molecule has 5 heteroatoms. The third-order valence-corrected chi connectivity index (χ3v) is 4.35. The van der Waals surface area contributed by atoms with Gasteiger partial charge in [0.25, 0.3) is 0 Å². The van der Waals surface area contributed by atoms with Crippen molar-refractivity contribution >= 4 is 5.91 Å². The first-order valence-corrected chi connectivity index (χ1v) is 7.85. The van der Waals surface area contributed by atoms with Gasteiger partial charge in [0.1, 0.15) is 0 Å². The van der Waals surface area contributed by atoms with Gasteiger partial charge in [0, 0.05) is 19.1 Å². The van der Waals surface area contributed by atoms with E-state index in [0.717, 1.165) is 25.3 Å². The maximum atomic E-state index is 12.1. The maximum Gasteiger partial charge on any atom is 0.234 e. The van der Waals surface area contributed by atoms with E-state index in [9.17, 15) is 9.90 Å². The fourth-order valence-electron chi connectivity index (χ4n) is 3.25. The normalized spacial score (nSPS) is 35.8. The lowest BCUT2D eigenvalue weighted by Crippen LogP contribution is -2.52. The van der Waals surface area contributed by atoms with E-state index in [2.05, 4.69) is 17.1 Å². The summed E-state index contributed by atoms with van der Waals surface area (Å²) in [6.07, 6.45) is 4.54. The number of rotatable bonds is 4. The summed E-state index contributed by atoms with van der Waals surface area (Å²) in [7, 11) is 0. The van der Waals surface area contributed by atoms with Crippen molar-refractivity contribution in [1.82, 2.24) is 10.2 Å². The summed E-state index contributed by atoms with van der Waals surface area (Å²) >= 11 is 0. The summed E-state index contributed by atoms with van der Waals surface area (Å²) < 4.78 is 5.59. The minimum absolute atomic E-state index is 0.0168. The van der Waals surface area contributed by atoms with Gasteiger partial charge in [0.2, 0.25) is 5.91 Å². The van der Waals surface area contributed by atoms with E-state index in [4.69, 9.17) is 4.74 Å². The van der Waals surface area contributed by atoms with Crippen LogP contribution in [0.5, 0.6) is 0 Å². The van der Waals surface area contributed by atoms with Gasteiger partial charge >= 0.3 is 0 Å². The van der Waals surface area contributed by atoms with Gasteiger partial charge in [-0.15, -0.1) is 0 Å². The van der Waals surface area contributed by atoms with Crippen LogP contribution in [-0.4, -0.2) is 60.4 Å². The highest BCUT2D eigenvalue weighted by atomic mass is 16.5. The molecule has 2 N–H and O–H groups in total. The molecule has 0 spiro atoms. The second-order valence-corrected chi connectivity index (χ2v) is 6.47. The lowest BCUT2D eigenvalue weighted by atomic mass is 9.87. The van der Waals surface area contributed by atoms with Crippen molar-refractivity contribution < 1.29 is 14.6 Å². The Hall–Kier alpha value is -0.650. The summed E-state index contributed by atoms with van der Waals surface area (Å²) in [4.78, 5) is 14.2. The van der Waals surface area contributed by atoms with E-state index in [-0.39, 0.29) is 24.7 Å². The first-order chi connectivity index (χ1) is 9.56. The van der Waals surface area contributed by atoms with Crippen molar-refractivity contribution in [2.45, 2.75) is 57.8 Å². The molecule has 0 radical (unpaired) electrons. The number of aliphatic hydroxyl groups is 1. The predicted molar refractivity (Wildman–Crippen MR) is 77.4 cm³/mol. The van der Waals surface area contributed by atoms with E-state index in [1.54, 1.807) is 0 Å². The summed E-state index contributed by atoms with van der Waals surface area (Å²) in [5.74, 6) is 0.906. The molecule has 1 amide bonds. The second kappa shape index (κ2) is 7.38. The van der Waals surface area contributed by atoms with Crippen molar-refractivity contribution in [3.63, 3.8) is 0 Å². The van der Waals surface area contributed by atoms with Crippen LogP contribution in [0.25, 0.3) is 0 Å². The molecule has 0 aromatic carbocycles. The molecule has 1 saturated heterocycles. The number of nitrogens with zero attached hydrogens (tertiary/aromatic N) is 1. The number of carbonyl (C=O) groups excluding carboxylic acids is 1. The van der Waals surface area contributed by atoms with Crippen LogP contribution in [0.2, 0.25) is 0 Å². The van der Waals surface area contributed by atoms with Crippen LogP contribution < -0.4 is 5.32 Å². The molecule has 1 heterocycles. The highest BCUT2D eigenvalue weighted by molar-refractivity contribution is 5.78. The van der Waals surface area contributed by atoms with Crippen LogP contribution in [0, 0.1) is 5.92 Å². The largest absolute Gasteiger partial charge is 0.394 e. The lowest BCUT2D eigenvalue weighted by molar-refractivity contribution is -0.129. The van der Waals surface area contributed by atoms with Crippen molar-refractivity contribution in [2.24, 2.45) is 5.92 Å². The molecule has 1 aliphatic carbocycles. The highest BCUT2D eigenvalue weighted by Crippen LogP contribution is 2.23. The van der Waals surface area contributed by atoms with Gasteiger partial charge in [-0.3, -0.25) is 9.69 Å². The van der Waals surface area contributed by atoms with Gasteiger partial charge in [-0.05, 0) is 38.5 Å². The van der Waals surface area contributed by atoms with E-state index >= 15 is 0 Å². The quantitative estimate of drug-likeness (QED) is 0.800. The number of morpholine rings is 1. The molecule has 0 aromatic heterocycles. The summed E-state index contributed by atoms with van der Waals surface area (Å²) in [5, 5.41) is 12.3. The van der Waals surface area contributed by atoms with Crippen LogP contribution in [0.3, 0.4) is 0 Å². The Morgan fingerprint density at radius 2 is 1.95 bits per heavy atom. The molecular formula is C15H28N2O3. The fourth-order valence-corrected chi connectivity index (χ4v) is 3.25. The predicted octanol–water partition coefficient (Wildman–Crippen LogP) is 0.763. The van der Waals surface area contributed by atoms with Gasteiger partial charge in [-0.2, -0.15) is 0 Å². The summed E-state index contributed by atoms with van der Waals surface area (Å²) in [6, 6.07) is 0.353. The van der Waals surface area contributed by atoms with E-state index in [0.29, 0.717) is 19.1 Å². The van der Waals surface area contributed by atoms with E-state index in [1.165, 1.54) is 12.8 Å². The molecule has 20 heavy (non-hydrogen) atoms. The fraction of sp³-hybridized carbons (Fsp3) is 0.933. The first-order valence-electron chi connectivity index (χ1n) is 7.85. The van der Waals surface area contributed by atoms with Crippen LogP contribution in [0.1, 0.15) is 39.5 Å². The third kappa shape index (κ3) is 4.72. The average molecular weight is 284 g/mol. The molecule has 1 aliphatic heterocycles. The summed E-state index contributed by atoms with van der Waals surface area (Å²) in [6.45, 7) is 6.08. The molecule has 0 bridgehead atoms. The number of hydrogen-bond acceptors (Lipinski definition) is 4. The third-order valence-electron chi connectivity index (χ3n) is 4.35. The number of aliphatic hydroxyl groups excluding tert-OH is 1. The second-order valence-electron chi connectivity index (χ2n) is 6.47. The molecule has 1 saturated carbocycles. The molecule has 0 aromatic rings. The Morgan fingerprint density at radius 1 is 1.25 bits per heavy atom. The average Bonchev–Trinajstić information content (AvgIpc) is 2.40. The van der Waals surface area contributed by atoms with Crippen molar-refractivity contribution in [1.29, 1.82) is 0 Å². The number of nitrogens with one attached hydrogen (secondary N) is 1. The van der Waals surface area contributed by atoms with Crippen molar-refractivity contribution in [2.75, 3.05) is 26.2 Å². The molecule has 116 valence electrons. The first kappa shape index (κ1) is 15.7. The Kier molecular flexibility index (Phi) is 5.81. The summed E-state index contributed by atoms with van der Waals surface area (Å²) in [5.41, 5.74) is 0. The van der Waals surface area contributed by atoms with Gasteiger partial charge in [-0.1, -0.05) is 6.92 Å². The van der Waals surface area contributed by atoms with Gasteiger partial charge in [0.05, 0.1) is 25.4 Å². The smallest absolute Gasteiger partial charge is 0.234 e. The number of amides is 1. The van der Waals surface area contributed by atoms with E-state index < -0.39 is 0 Å². The Labute approximate surface area is 121 Å². The zero-order chi connectivity index (χ0) is 14.5. The molecule has 2 atom stereocenters. The van der Waals surface area contributed by atoms with Gasteiger partial charge in [0.15, 0.2) is 0 Å². The highest BCUT2D eigenvalue weighted by Gasteiger charge is 2.27. The monoisotopic (exact) mass is 284 g/mol. The van der Waals surface area contributed by atoms with Crippen molar-refractivity contribution in [3.05, 3.63) is 0 Å².